The third-order valence-electron chi connectivity index (χ3n) is 5.01. The Morgan fingerprint density at radius 3 is 2.65 bits per heavy atom. The van der Waals surface area contributed by atoms with Gasteiger partial charge >= 0.3 is 11.7 Å². The van der Waals surface area contributed by atoms with E-state index >= 15 is 4.39 Å². The number of carbonyl (C=O) groups excluding carboxylic acids is 1. The summed E-state index contributed by atoms with van der Waals surface area (Å²) in [7, 11) is -1.21. The number of amides is 1. The van der Waals surface area contributed by atoms with Crippen molar-refractivity contribution in [3.05, 3.63) is 68.3 Å². The van der Waals surface area contributed by atoms with Gasteiger partial charge in [-0.2, -0.15) is 0 Å². The van der Waals surface area contributed by atoms with Crippen LogP contribution in [0.4, 0.5) is 9.18 Å². The minimum absolute atomic E-state index is 0.00231. The Kier molecular flexibility index (Phi) is 7.61. The van der Waals surface area contributed by atoms with Crippen molar-refractivity contribution >= 4 is 38.7 Å². The summed E-state index contributed by atoms with van der Waals surface area (Å²) in [6.07, 6.45) is -0.912. The highest BCUT2D eigenvalue weighted by Crippen LogP contribution is 2.33. The SMILES string of the molecule is Cc1c(Cc2cccc(S(=O)(=O)NCCO)c2F)c(=O)oc2cc(OC(=O)N(C)C)c(Cl)cc12. The second-order valence-corrected chi connectivity index (χ2v) is 9.70. The van der Waals surface area contributed by atoms with Gasteiger partial charge in [0.25, 0.3) is 0 Å². The van der Waals surface area contributed by atoms with Crippen molar-refractivity contribution in [2.24, 2.45) is 0 Å². The lowest BCUT2D eigenvalue weighted by Crippen LogP contribution is -2.27. The molecule has 0 spiro atoms. The Hall–Kier alpha value is -2.99. The summed E-state index contributed by atoms with van der Waals surface area (Å²) in [6.45, 7) is 0.903. The fourth-order valence-electron chi connectivity index (χ4n) is 3.21. The zero-order chi connectivity index (χ0) is 25.2. The minimum Gasteiger partial charge on any atom is -0.422 e. The molecule has 12 heteroatoms. The summed E-state index contributed by atoms with van der Waals surface area (Å²) in [5.41, 5.74) is -0.127. The van der Waals surface area contributed by atoms with Gasteiger partial charge in [-0.05, 0) is 30.2 Å². The van der Waals surface area contributed by atoms with Crippen molar-refractivity contribution in [3.8, 4) is 5.75 Å². The van der Waals surface area contributed by atoms with E-state index in [1.807, 2.05) is 0 Å². The van der Waals surface area contributed by atoms with Gasteiger partial charge in [0.1, 0.15) is 16.3 Å². The Morgan fingerprint density at radius 2 is 2.00 bits per heavy atom. The summed E-state index contributed by atoms with van der Waals surface area (Å²) >= 11 is 6.25. The maximum Gasteiger partial charge on any atom is 0.414 e. The number of fused-ring (bicyclic) bond motifs is 1. The van der Waals surface area contributed by atoms with Crippen molar-refractivity contribution in [3.63, 3.8) is 0 Å². The van der Waals surface area contributed by atoms with Crippen LogP contribution in [-0.2, 0) is 16.4 Å². The lowest BCUT2D eigenvalue weighted by molar-refractivity contribution is 0.172. The van der Waals surface area contributed by atoms with Crippen LogP contribution in [0.1, 0.15) is 16.7 Å². The van der Waals surface area contributed by atoms with Crippen LogP contribution in [0.2, 0.25) is 5.02 Å². The first-order valence-electron chi connectivity index (χ1n) is 9.99. The van der Waals surface area contributed by atoms with Gasteiger partial charge < -0.3 is 19.2 Å². The van der Waals surface area contributed by atoms with Gasteiger partial charge in [-0.15, -0.1) is 0 Å². The topological polar surface area (TPSA) is 126 Å². The zero-order valence-corrected chi connectivity index (χ0v) is 20.1. The van der Waals surface area contributed by atoms with Crippen LogP contribution in [-0.4, -0.2) is 51.8 Å². The van der Waals surface area contributed by atoms with Gasteiger partial charge in [-0.25, -0.2) is 27.1 Å². The van der Waals surface area contributed by atoms with Crippen molar-refractivity contribution in [2.75, 3.05) is 27.2 Å². The molecule has 0 aliphatic heterocycles. The predicted octanol–water partition coefficient (Wildman–Crippen LogP) is 2.82. The average molecular weight is 513 g/mol. The molecule has 0 atom stereocenters. The van der Waals surface area contributed by atoms with E-state index in [2.05, 4.69) is 4.72 Å². The van der Waals surface area contributed by atoms with E-state index in [0.717, 1.165) is 6.07 Å². The average Bonchev–Trinajstić information content (AvgIpc) is 2.77. The van der Waals surface area contributed by atoms with Gasteiger partial charge in [-0.3, -0.25) is 0 Å². The molecular formula is C22H22ClFN2O7S. The Morgan fingerprint density at radius 1 is 1.29 bits per heavy atom. The largest absolute Gasteiger partial charge is 0.422 e. The number of sulfonamides is 1. The zero-order valence-electron chi connectivity index (χ0n) is 18.5. The number of aliphatic hydroxyl groups is 1. The number of aryl methyl sites for hydroxylation is 1. The molecule has 0 radical (unpaired) electrons. The standard InChI is InChI=1S/C22H22ClFN2O7S/c1-12-14-10-16(23)18(33-22(29)26(2)3)11-17(14)32-21(28)15(12)9-13-5-4-6-19(20(13)24)34(30,31)25-7-8-27/h4-6,10-11,25,27H,7-9H2,1-3H3. The molecular weight excluding hydrogens is 491 g/mol. The third kappa shape index (κ3) is 5.22. The predicted molar refractivity (Wildman–Crippen MR) is 123 cm³/mol. The molecule has 1 heterocycles. The number of hydrogen-bond acceptors (Lipinski definition) is 7. The van der Waals surface area contributed by atoms with Gasteiger partial charge in [0.15, 0.2) is 5.75 Å². The number of nitrogens with zero attached hydrogens (tertiary/aromatic N) is 1. The molecule has 182 valence electrons. The van der Waals surface area contributed by atoms with Gasteiger partial charge in [0.05, 0.1) is 11.6 Å². The first-order chi connectivity index (χ1) is 16.0. The fourth-order valence-corrected chi connectivity index (χ4v) is 4.55. The van der Waals surface area contributed by atoms with Crippen LogP contribution in [0, 0.1) is 12.7 Å². The summed E-state index contributed by atoms with van der Waals surface area (Å²) < 4.78 is 52.3. The third-order valence-corrected chi connectivity index (χ3v) is 6.78. The second-order valence-electron chi connectivity index (χ2n) is 7.56. The van der Waals surface area contributed by atoms with Crippen molar-refractivity contribution in [2.45, 2.75) is 18.2 Å². The van der Waals surface area contributed by atoms with Gasteiger partial charge in [0.2, 0.25) is 10.0 Å². The highest BCUT2D eigenvalue weighted by molar-refractivity contribution is 7.89. The summed E-state index contributed by atoms with van der Waals surface area (Å²) in [4.78, 5) is 25.2. The molecule has 9 nitrogen and oxygen atoms in total. The van der Waals surface area contributed by atoms with E-state index in [4.69, 9.17) is 25.9 Å². The van der Waals surface area contributed by atoms with Crippen molar-refractivity contribution < 1.29 is 31.9 Å². The first-order valence-corrected chi connectivity index (χ1v) is 11.8. The van der Waals surface area contributed by atoms with E-state index in [1.165, 1.54) is 43.3 Å². The second kappa shape index (κ2) is 10.1. The highest BCUT2D eigenvalue weighted by Gasteiger charge is 2.23. The number of benzene rings is 2. The molecule has 0 aliphatic rings. The fraction of sp³-hybridized carbons (Fsp3) is 0.273. The van der Waals surface area contributed by atoms with E-state index in [-0.39, 0.29) is 40.4 Å². The normalized spacial score (nSPS) is 11.6. The van der Waals surface area contributed by atoms with Crippen molar-refractivity contribution in [1.29, 1.82) is 0 Å². The minimum atomic E-state index is -4.20. The monoisotopic (exact) mass is 512 g/mol. The summed E-state index contributed by atoms with van der Waals surface area (Å²) in [5, 5.41) is 9.38. The number of carbonyl (C=O) groups is 1. The molecule has 1 aromatic heterocycles. The number of hydrogen-bond donors (Lipinski definition) is 2. The molecule has 0 fully saturated rings. The highest BCUT2D eigenvalue weighted by atomic mass is 35.5. The van der Waals surface area contributed by atoms with Gasteiger partial charge in [-0.1, -0.05) is 23.7 Å². The number of nitrogens with one attached hydrogen (secondary N) is 1. The van der Waals surface area contributed by atoms with Crippen LogP contribution < -0.4 is 15.1 Å². The van der Waals surface area contributed by atoms with Crippen LogP contribution in [0.5, 0.6) is 5.75 Å². The maximum atomic E-state index is 15.1. The number of ether oxygens (including phenoxy) is 1. The molecule has 0 aliphatic carbocycles. The van der Waals surface area contributed by atoms with E-state index in [9.17, 15) is 18.0 Å². The van der Waals surface area contributed by atoms with Crippen LogP contribution in [0.25, 0.3) is 11.0 Å². The first kappa shape index (κ1) is 25.6. The van der Waals surface area contributed by atoms with Gasteiger partial charge in [0, 0.05) is 44.1 Å². The van der Waals surface area contributed by atoms with Crippen LogP contribution in [0.3, 0.4) is 0 Å². The molecule has 34 heavy (non-hydrogen) atoms. The summed E-state index contributed by atoms with van der Waals surface area (Å²) in [6, 6.07) is 6.59. The number of aliphatic hydroxyl groups excluding tert-OH is 1. The van der Waals surface area contributed by atoms with E-state index in [0.29, 0.717) is 10.9 Å². The molecule has 0 saturated heterocycles. The van der Waals surface area contributed by atoms with E-state index < -0.39 is 39.1 Å². The molecule has 0 unspecified atom stereocenters. The lowest BCUT2D eigenvalue weighted by atomic mass is 9.99. The summed E-state index contributed by atoms with van der Waals surface area (Å²) in [5.74, 6) is -1.02. The smallest absolute Gasteiger partial charge is 0.414 e. The molecule has 1 amide bonds. The van der Waals surface area contributed by atoms with Crippen molar-refractivity contribution in [1.82, 2.24) is 9.62 Å². The lowest BCUT2D eigenvalue weighted by Gasteiger charge is -2.14. The Balaban J connectivity index is 2.04. The molecule has 0 saturated carbocycles. The van der Waals surface area contributed by atoms with E-state index in [1.54, 1.807) is 6.92 Å². The van der Waals surface area contributed by atoms with Crippen LogP contribution in [0.15, 0.2) is 44.4 Å². The molecule has 3 rings (SSSR count). The number of rotatable bonds is 7. The Labute approximate surface area is 199 Å². The molecule has 2 N–H and O–H groups in total. The molecule has 0 bridgehead atoms. The molecule has 3 aromatic rings. The molecule has 2 aromatic carbocycles. The maximum absolute atomic E-state index is 15.1. The quantitative estimate of drug-likeness (QED) is 0.466. The van der Waals surface area contributed by atoms with Crippen LogP contribution >= 0.6 is 11.6 Å². The number of halogens is 2. The Bertz CT molecular complexity index is 1420.